The van der Waals surface area contributed by atoms with Crippen molar-refractivity contribution in [3.8, 4) is 0 Å². The molecule has 1 spiro atoms. The van der Waals surface area contributed by atoms with Gasteiger partial charge in [0, 0.05) is 50.0 Å². The van der Waals surface area contributed by atoms with E-state index in [-0.39, 0.29) is 46.0 Å². The van der Waals surface area contributed by atoms with Crippen molar-refractivity contribution in [2.75, 3.05) is 26.2 Å². The molecule has 0 N–H and O–H groups in total. The molecule has 2 saturated heterocycles. The molecule has 1 aliphatic carbocycles. The fourth-order valence-corrected chi connectivity index (χ4v) is 9.70. The van der Waals surface area contributed by atoms with Crippen LogP contribution in [-0.4, -0.2) is 68.5 Å². The Morgan fingerprint density at radius 1 is 0.867 bits per heavy atom. The highest BCUT2D eigenvalue weighted by molar-refractivity contribution is 6.74. The summed E-state index contributed by atoms with van der Waals surface area (Å²) >= 11 is 0. The van der Waals surface area contributed by atoms with Gasteiger partial charge in [-0.3, -0.25) is 14.4 Å². The van der Waals surface area contributed by atoms with Gasteiger partial charge < -0.3 is 14.2 Å². The smallest absolute Gasteiger partial charge is 0.226 e. The van der Waals surface area contributed by atoms with E-state index >= 15 is 0 Å². The zero-order valence-corrected chi connectivity index (χ0v) is 30.4. The summed E-state index contributed by atoms with van der Waals surface area (Å²) in [6.45, 7) is 14.3. The molecule has 4 rings (SSSR count). The lowest BCUT2D eigenvalue weighted by atomic mass is 9.53. The molecule has 6 nitrogen and oxygen atoms in total. The van der Waals surface area contributed by atoms with Crippen molar-refractivity contribution >= 4 is 26.4 Å². The number of carbonyl (C=O) groups excluding carboxylic acids is 3. The van der Waals surface area contributed by atoms with Crippen LogP contribution in [0.1, 0.15) is 124 Å². The van der Waals surface area contributed by atoms with Crippen LogP contribution < -0.4 is 0 Å². The lowest BCUT2D eigenvalue weighted by molar-refractivity contribution is -0.168. The summed E-state index contributed by atoms with van der Waals surface area (Å²) in [5.41, 5.74) is -0.195. The summed E-state index contributed by atoms with van der Waals surface area (Å²) in [6.07, 6.45) is 26.2. The monoisotopic (exact) mass is 640 g/mol. The normalized spacial score (nSPS) is 33.6. The molecule has 45 heavy (non-hydrogen) atoms. The molecule has 254 valence electrons. The Kier molecular flexibility index (Phi) is 13.2. The van der Waals surface area contributed by atoms with Crippen LogP contribution in [0.5, 0.6) is 0 Å². The predicted octanol–water partition coefficient (Wildman–Crippen LogP) is 8.48. The van der Waals surface area contributed by atoms with Gasteiger partial charge in [-0.25, -0.2) is 0 Å². The number of piperidine rings is 1. The molecule has 3 aliphatic heterocycles. The number of ketones is 1. The first kappa shape index (κ1) is 36.1. The van der Waals surface area contributed by atoms with E-state index in [0.29, 0.717) is 19.5 Å². The number of rotatable bonds is 3. The molecule has 5 atom stereocenters. The zero-order chi connectivity index (χ0) is 32.5. The van der Waals surface area contributed by atoms with Crippen LogP contribution in [0.2, 0.25) is 18.1 Å². The van der Waals surface area contributed by atoms with Crippen LogP contribution in [-0.2, 0) is 18.8 Å². The van der Waals surface area contributed by atoms with Gasteiger partial charge in [-0.15, -0.1) is 0 Å². The quantitative estimate of drug-likeness (QED) is 0.176. The summed E-state index contributed by atoms with van der Waals surface area (Å²) in [7, 11) is -2.09. The molecule has 0 aromatic heterocycles. The Labute approximate surface area is 275 Å². The first-order valence-corrected chi connectivity index (χ1v) is 21.4. The molecular formula is C38H64N2O4Si. The number of amides is 2. The standard InChI is InChI=1S/C38H64N2O4Si/c1-37(2,3)45(4,5)44-31-21-17-13-9-8-12-16-20-25-40-29-38-23-18-14-10-6-7-11-15-19-24-39(30-41)26-22-32(33(28-38)36(40)43)35(42)34(38)27-31/h8,12-13,17,30-34H,6-7,9-11,14-16,18-29H2,1-5H3/b12-8-,17-13-/t31-,32?,33?,34?,38?/m1/s1. The maximum atomic E-state index is 14.9. The van der Waals surface area contributed by atoms with Crippen molar-refractivity contribution in [2.24, 2.45) is 23.2 Å². The van der Waals surface area contributed by atoms with Crippen molar-refractivity contribution in [3.05, 3.63) is 24.3 Å². The van der Waals surface area contributed by atoms with Crippen LogP contribution in [0.25, 0.3) is 0 Å². The Bertz CT molecular complexity index is 1050. The summed E-state index contributed by atoms with van der Waals surface area (Å²) in [6, 6.07) is 0. The molecule has 0 aromatic rings. The molecular weight excluding hydrogens is 577 g/mol. The first-order chi connectivity index (χ1) is 21.5. The van der Waals surface area contributed by atoms with Gasteiger partial charge in [-0.2, -0.15) is 0 Å². The maximum absolute atomic E-state index is 14.9. The molecule has 0 radical (unpaired) electrons. The van der Waals surface area contributed by atoms with Crippen molar-refractivity contribution in [1.82, 2.24) is 9.80 Å². The molecule has 4 aliphatic rings. The average molecular weight is 641 g/mol. The predicted molar refractivity (Wildman–Crippen MR) is 186 cm³/mol. The Balaban J connectivity index is 1.75. The molecule has 3 heterocycles. The molecule has 3 fully saturated rings. The number of hydrogen-bond acceptors (Lipinski definition) is 4. The van der Waals surface area contributed by atoms with E-state index in [2.05, 4.69) is 63.1 Å². The summed E-state index contributed by atoms with van der Waals surface area (Å²) < 4.78 is 7.16. The van der Waals surface area contributed by atoms with Gasteiger partial charge in [0.2, 0.25) is 12.3 Å². The highest BCUT2D eigenvalue weighted by Gasteiger charge is 2.59. The SMILES string of the molecule is CC(C)(C)[Si](C)(C)O[C@@H]1C/C=C\C/C=C\CCCN2CC34CCCCCCCCCCN(C=O)CCC(C(=O)C3C1)C(C4)C2=O. The third kappa shape index (κ3) is 9.43. The van der Waals surface area contributed by atoms with E-state index in [1.165, 1.54) is 32.1 Å². The van der Waals surface area contributed by atoms with E-state index in [4.69, 9.17) is 4.43 Å². The lowest BCUT2D eigenvalue weighted by Gasteiger charge is -2.56. The van der Waals surface area contributed by atoms with Crippen molar-refractivity contribution in [1.29, 1.82) is 0 Å². The number of hydrogen-bond donors (Lipinski definition) is 0. The van der Waals surface area contributed by atoms with E-state index in [1.54, 1.807) is 0 Å². The van der Waals surface area contributed by atoms with Crippen LogP contribution >= 0.6 is 0 Å². The molecule has 4 bridgehead atoms. The van der Waals surface area contributed by atoms with E-state index in [0.717, 1.165) is 83.7 Å². The highest BCUT2D eigenvalue weighted by atomic mass is 28.4. The summed E-state index contributed by atoms with van der Waals surface area (Å²) in [4.78, 5) is 45.2. The minimum absolute atomic E-state index is 0.0223. The third-order valence-corrected chi connectivity index (χ3v) is 16.5. The lowest BCUT2D eigenvalue weighted by Crippen LogP contribution is -2.63. The average Bonchev–Trinajstić information content (AvgIpc) is 2.98. The largest absolute Gasteiger partial charge is 0.414 e. The second kappa shape index (κ2) is 16.4. The van der Waals surface area contributed by atoms with Gasteiger partial charge in [-0.1, -0.05) is 90.0 Å². The first-order valence-electron chi connectivity index (χ1n) is 18.5. The van der Waals surface area contributed by atoms with Gasteiger partial charge >= 0.3 is 0 Å². The van der Waals surface area contributed by atoms with Crippen molar-refractivity contribution in [2.45, 2.75) is 148 Å². The van der Waals surface area contributed by atoms with Crippen molar-refractivity contribution in [3.63, 3.8) is 0 Å². The number of Topliss-reactive ketones (excluding diaryl/α,β-unsaturated/α-hetero) is 1. The topological polar surface area (TPSA) is 66.9 Å². The van der Waals surface area contributed by atoms with Crippen LogP contribution in [0.3, 0.4) is 0 Å². The number of nitrogens with zero attached hydrogens (tertiary/aromatic N) is 2. The third-order valence-electron chi connectivity index (χ3n) is 12.0. The minimum atomic E-state index is -2.09. The van der Waals surface area contributed by atoms with Crippen LogP contribution in [0, 0.1) is 23.2 Å². The summed E-state index contributed by atoms with van der Waals surface area (Å²) in [5.74, 6) is -0.245. The maximum Gasteiger partial charge on any atom is 0.226 e. The Morgan fingerprint density at radius 2 is 1.56 bits per heavy atom. The summed E-state index contributed by atoms with van der Waals surface area (Å²) in [5, 5.41) is 0.0778. The number of carbonyl (C=O) groups is 3. The van der Waals surface area contributed by atoms with E-state index in [1.807, 2.05) is 4.90 Å². The molecule has 2 amide bonds. The Morgan fingerprint density at radius 3 is 2.27 bits per heavy atom. The van der Waals surface area contributed by atoms with Gasteiger partial charge in [0.15, 0.2) is 8.32 Å². The fourth-order valence-electron chi connectivity index (χ4n) is 8.32. The second-order valence-corrected chi connectivity index (χ2v) is 21.1. The van der Waals surface area contributed by atoms with Crippen molar-refractivity contribution < 1.29 is 18.8 Å². The molecule has 7 heteroatoms. The van der Waals surface area contributed by atoms with Gasteiger partial charge in [0.25, 0.3) is 0 Å². The molecule has 1 saturated carbocycles. The fraction of sp³-hybridized carbons (Fsp3) is 0.816. The minimum Gasteiger partial charge on any atom is -0.414 e. The van der Waals surface area contributed by atoms with Gasteiger partial charge in [0.05, 0.1) is 0 Å². The zero-order valence-electron chi connectivity index (χ0n) is 29.4. The van der Waals surface area contributed by atoms with E-state index < -0.39 is 8.32 Å². The number of allylic oxidation sites excluding steroid dienone is 3. The van der Waals surface area contributed by atoms with E-state index in [9.17, 15) is 14.4 Å². The Hall–Kier alpha value is -1.73. The molecule has 4 unspecified atom stereocenters. The van der Waals surface area contributed by atoms with Crippen LogP contribution in [0.15, 0.2) is 24.3 Å². The highest BCUT2D eigenvalue weighted by Crippen LogP contribution is 2.54. The van der Waals surface area contributed by atoms with Crippen LogP contribution in [0.4, 0.5) is 0 Å². The second-order valence-electron chi connectivity index (χ2n) is 16.3. The number of fused-ring (bicyclic) bond motifs is 4. The van der Waals surface area contributed by atoms with Gasteiger partial charge in [0.1, 0.15) is 5.78 Å². The van der Waals surface area contributed by atoms with Gasteiger partial charge in [-0.05, 0) is 81.3 Å². The molecule has 0 aromatic carbocycles.